The van der Waals surface area contributed by atoms with Gasteiger partial charge in [0.1, 0.15) is 5.76 Å². The molecule has 1 aromatic heterocycles. The molecule has 0 radical (unpaired) electrons. The highest BCUT2D eigenvalue weighted by molar-refractivity contribution is 7.89. The van der Waals surface area contributed by atoms with Gasteiger partial charge in [-0.3, -0.25) is 9.89 Å². The Kier molecular flexibility index (Phi) is 8.93. The van der Waals surface area contributed by atoms with Gasteiger partial charge >= 0.3 is 0 Å². The molecule has 170 valence electrons. The molecular weight excluding hydrogens is 414 g/mol. The van der Waals surface area contributed by atoms with E-state index in [0.717, 1.165) is 25.4 Å². The van der Waals surface area contributed by atoms with Gasteiger partial charge in [-0.25, -0.2) is 13.1 Å². The summed E-state index contributed by atoms with van der Waals surface area (Å²) in [6.45, 7) is 6.07. The molecule has 1 aliphatic heterocycles. The lowest BCUT2D eigenvalue weighted by Gasteiger charge is -2.32. The van der Waals surface area contributed by atoms with Crippen molar-refractivity contribution in [2.45, 2.75) is 37.1 Å². The van der Waals surface area contributed by atoms with Crippen molar-refractivity contribution in [3.8, 4) is 0 Å². The molecule has 0 spiro atoms. The number of aliphatic imine (C=N–C) groups is 1. The van der Waals surface area contributed by atoms with Gasteiger partial charge in [0.2, 0.25) is 10.0 Å². The number of hydrogen-bond acceptors (Lipinski definition) is 5. The Morgan fingerprint density at radius 1 is 1.06 bits per heavy atom. The van der Waals surface area contributed by atoms with Crippen LogP contribution in [-0.4, -0.2) is 58.5 Å². The molecule has 2 heterocycles. The van der Waals surface area contributed by atoms with Crippen molar-refractivity contribution in [2.75, 3.05) is 39.3 Å². The molecule has 0 saturated carbocycles. The van der Waals surface area contributed by atoms with Gasteiger partial charge in [-0.2, -0.15) is 0 Å². The highest BCUT2D eigenvalue weighted by Gasteiger charge is 2.24. The van der Waals surface area contributed by atoms with E-state index in [1.165, 1.54) is 19.3 Å². The SMILES string of the molecule is CCNC(=NCC(c1ccco1)N1CCCCC1)NCCNS(=O)(=O)c1ccccc1. The Balaban J connectivity index is 1.56. The van der Waals surface area contributed by atoms with Crippen molar-refractivity contribution >= 4 is 16.0 Å². The molecule has 8 nitrogen and oxygen atoms in total. The van der Waals surface area contributed by atoms with Crippen molar-refractivity contribution in [1.82, 2.24) is 20.3 Å². The number of benzene rings is 1. The number of rotatable bonds is 10. The summed E-state index contributed by atoms with van der Waals surface area (Å²) < 4.78 is 33.0. The predicted molar refractivity (Wildman–Crippen MR) is 122 cm³/mol. The van der Waals surface area contributed by atoms with Crippen molar-refractivity contribution in [3.63, 3.8) is 0 Å². The molecule has 1 atom stereocenters. The van der Waals surface area contributed by atoms with E-state index in [1.807, 2.05) is 19.1 Å². The molecule has 1 aliphatic rings. The Labute approximate surface area is 185 Å². The summed E-state index contributed by atoms with van der Waals surface area (Å²) >= 11 is 0. The molecule has 1 aromatic carbocycles. The minimum Gasteiger partial charge on any atom is -0.468 e. The van der Waals surface area contributed by atoms with Crippen LogP contribution in [0.3, 0.4) is 0 Å². The molecule has 1 fully saturated rings. The van der Waals surface area contributed by atoms with E-state index >= 15 is 0 Å². The van der Waals surface area contributed by atoms with Crippen LogP contribution in [-0.2, 0) is 10.0 Å². The fourth-order valence-corrected chi connectivity index (χ4v) is 4.72. The van der Waals surface area contributed by atoms with E-state index in [4.69, 9.17) is 9.41 Å². The van der Waals surface area contributed by atoms with Crippen LogP contribution >= 0.6 is 0 Å². The lowest BCUT2D eigenvalue weighted by molar-refractivity contribution is 0.150. The third-order valence-corrected chi connectivity index (χ3v) is 6.71. The number of likely N-dealkylation sites (tertiary alicyclic amines) is 1. The first-order valence-electron chi connectivity index (χ1n) is 10.9. The zero-order chi connectivity index (χ0) is 21.9. The summed E-state index contributed by atoms with van der Waals surface area (Å²) in [5.41, 5.74) is 0. The van der Waals surface area contributed by atoms with Gasteiger partial charge in [-0.15, -0.1) is 0 Å². The number of furan rings is 1. The smallest absolute Gasteiger partial charge is 0.240 e. The Hall–Kier alpha value is -2.36. The lowest BCUT2D eigenvalue weighted by atomic mass is 10.1. The summed E-state index contributed by atoms with van der Waals surface area (Å²) in [7, 11) is -3.51. The molecule has 31 heavy (non-hydrogen) atoms. The van der Waals surface area contributed by atoms with E-state index in [1.54, 1.807) is 36.6 Å². The van der Waals surface area contributed by atoms with Crippen molar-refractivity contribution in [3.05, 3.63) is 54.5 Å². The fraction of sp³-hybridized carbons (Fsp3) is 0.500. The predicted octanol–water partition coefficient (Wildman–Crippen LogP) is 2.34. The number of sulfonamides is 1. The van der Waals surface area contributed by atoms with Crippen LogP contribution in [0.2, 0.25) is 0 Å². The zero-order valence-corrected chi connectivity index (χ0v) is 18.9. The largest absolute Gasteiger partial charge is 0.468 e. The third kappa shape index (κ3) is 7.09. The van der Waals surface area contributed by atoms with Crippen LogP contribution in [0.15, 0.2) is 63.0 Å². The highest BCUT2D eigenvalue weighted by Crippen LogP contribution is 2.25. The van der Waals surface area contributed by atoms with E-state index in [9.17, 15) is 8.42 Å². The van der Waals surface area contributed by atoms with Crippen molar-refractivity contribution in [2.24, 2.45) is 4.99 Å². The second kappa shape index (κ2) is 11.9. The Bertz CT molecular complexity index is 894. The average molecular weight is 448 g/mol. The summed E-state index contributed by atoms with van der Waals surface area (Å²) in [6.07, 6.45) is 5.37. The van der Waals surface area contributed by atoms with Crippen LogP contribution in [0.5, 0.6) is 0 Å². The van der Waals surface area contributed by atoms with Crippen LogP contribution < -0.4 is 15.4 Å². The normalized spacial score (nSPS) is 16.7. The molecule has 1 saturated heterocycles. The summed E-state index contributed by atoms with van der Waals surface area (Å²) in [5, 5.41) is 6.44. The fourth-order valence-electron chi connectivity index (χ4n) is 3.67. The Morgan fingerprint density at radius 3 is 2.52 bits per heavy atom. The van der Waals surface area contributed by atoms with E-state index in [-0.39, 0.29) is 17.5 Å². The maximum Gasteiger partial charge on any atom is 0.240 e. The van der Waals surface area contributed by atoms with Crippen molar-refractivity contribution < 1.29 is 12.8 Å². The van der Waals surface area contributed by atoms with Crippen LogP contribution in [0.4, 0.5) is 0 Å². The molecule has 3 N–H and O–H groups in total. The van der Waals surface area contributed by atoms with Crippen LogP contribution in [0.25, 0.3) is 0 Å². The first-order chi connectivity index (χ1) is 15.1. The molecule has 2 aromatic rings. The minimum atomic E-state index is -3.51. The highest BCUT2D eigenvalue weighted by atomic mass is 32.2. The summed E-state index contributed by atoms with van der Waals surface area (Å²) in [4.78, 5) is 7.45. The first-order valence-corrected chi connectivity index (χ1v) is 12.4. The van der Waals surface area contributed by atoms with Gasteiger partial charge in [0, 0.05) is 19.6 Å². The zero-order valence-electron chi connectivity index (χ0n) is 18.1. The number of guanidine groups is 1. The molecule has 0 bridgehead atoms. The van der Waals surface area contributed by atoms with Crippen LogP contribution in [0.1, 0.15) is 38.0 Å². The molecule has 1 unspecified atom stereocenters. The van der Waals surface area contributed by atoms with Gasteiger partial charge in [0.25, 0.3) is 0 Å². The average Bonchev–Trinajstić information content (AvgIpc) is 3.33. The number of nitrogens with zero attached hydrogens (tertiary/aromatic N) is 2. The van der Waals surface area contributed by atoms with Crippen LogP contribution in [0, 0.1) is 0 Å². The summed E-state index contributed by atoms with van der Waals surface area (Å²) in [6, 6.07) is 12.4. The topological polar surface area (TPSA) is 99.0 Å². The molecule has 0 aliphatic carbocycles. The minimum absolute atomic E-state index is 0.0994. The first kappa shape index (κ1) is 23.3. The second-order valence-electron chi connectivity index (χ2n) is 7.49. The van der Waals surface area contributed by atoms with Gasteiger partial charge in [-0.1, -0.05) is 24.6 Å². The molecule has 3 rings (SSSR count). The molecular formula is C22H33N5O3S. The monoisotopic (exact) mass is 447 g/mol. The maximum atomic E-state index is 12.3. The molecule has 0 amide bonds. The van der Waals surface area contributed by atoms with Gasteiger partial charge in [0.15, 0.2) is 5.96 Å². The standard InChI is InChI=1S/C22H33N5O3S/c1-2-23-22(24-13-14-26-31(28,29)19-10-5-3-6-11-19)25-18-20(21-12-9-17-30-21)27-15-7-4-8-16-27/h3,5-6,9-12,17,20,26H,2,4,7-8,13-16,18H2,1H3,(H2,23,24,25). The lowest BCUT2D eigenvalue weighted by Crippen LogP contribution is -2.42. The van der Waals surface area contributed by atoms with E-state index in [0.29, 0.717) is 19.0 Å². The second-order valence-corrected chi connectivity index (χ2v) is 9.25. The Morgan fingerprint density at radius 2 is 1.84 bits per heavy atom. The van der Waals surface area contributed by atoms with Gasteiger partial charge in [0.05, 0.1) is 23.7 Å². The summed E-state index contributed by atoms with van der Waals surface area (Å²) in [5.74, 6) is 1.59. The van der Waals surface area contributed by atoms with Gasteiger partial charge in [-0.05, 0) is 57.1 Å². The van der Waals surface area contributed by atoms with Gasteiger partial charge < -0.3 is 15.1 Å². The third-order valence-electron chi connectivity index (χ3n) is 5.23. The van der Waals surface area contributed by atoms with E-state index in [2.05, 4.69) is 20.3 Å². The number of nitrogens with one attached hydrogen (secondary N) is 3. The van der Waals surface area contributed by atoms with Crippen molar-refractivity contribution in [1.29, 1.82) is 0 Å². The van der Waals surface area contributed by atoms with E-state index < -0.39 is 10.0 Å². The number of hydrogen-bond donors (Lipinski definition) is 3. The maximum absolute atomic E-state index is 12.3. The quantitative estimate of drug-likeness (QED) is 0.294. The molecule has 9 heteroatoms. The number of piperidine rings is 1.